The lowest BCUT2D eigenvalue weighted by Gasteiger charge is -2.36. The molecule has 3 rings (SSSR count). The molecule has 28 heavy (non-hydrogen) atoms. The quantitative estimate of drug-likeness (QED) is 0.764. The lowest BCUT2D eigenvalue weighted by Crippen LogP contribution is -2.49. The zero-order valence-electron chi connectivity index (χ0n) is 16.7. The van der Waals surface area contributed by atoms with Gasteiger partial charge in [-0.3, -0.25) is 4.79 Å². The van der Waals surface area contributed by atoms with Crippen molar-refractivity contribution in [1.82, 2.24) is 5.32 Å². The van der Waals surface area contributed by atoms with Crippen LogP contribution in [0.3, 0.4) is 0 Å². The maximum atomic E-state index is 13.2. The molecule has 1 saturated heterocycles. The first-order chi connectivity index (χ1) is 13.0. The SMILES string of the molecule is CC(C)c1ccc(C(N)CNC(=O)C2(c3ccccc3)CCOCC2)cc1.Cl. The number of benzene rings is 2. The predicted molar refractivity (Wildman–Crippen MR) is 116 cm³/mol. The Morgan fingerprint density at radius 2 is 1.61 bits per heavy atom. The van der Waals surface area contributed by atoms with Crippen molar-refractivity contribution in [2.24, 2.45) is 5.73 Å². The van der Waals surface area contributed by atoms with E-state index in [1.165, 1.54) is 5.56 Å². The Bertz CT molecular complexity index is 741. The van der Waals surface area contributed by atoms with Gasteiger partial charge in [0.2, 0.25) is 5.91 Å². The van der Waals surface area contributed by atoms with E-state index in [1.807, 2.05) is 30.3 Å². The number of carbonyl (C=O) groups excluding carboxylic acids is 1. The van der Waals surface area contributed by atoms with Crippen LogP contribution in [-0.4, -0.2) is 25.7 Å². The van der Waals surface area contributed by atoms with Gasteiger partial charge in [0.1, 0.15) is 0 Å². The minimum absolute atomic E-state index is 0. The Labute approximate surface area is 174 Å². The van der Waals surface area contributed by atoms with Crippen LogP contribution in [0.2, 0.25) is 0 Å². The number of hydrogen-bond acceptors (Lipinski definition) is 3. The fraction of sp³-hybridized carbons (Fsp3) is 0.435. The lowest BCUT2D eigenvalue weighted by molar-refractivity contribution is -0.130. The van der Waals surface area contributed by atoms with Crippen LogP contribution in [0.4, 0.5) is 0 Å². The summed E-state index contributed by atoms with van der Waals surface area (Å²) in [5, 5.41) is 3.11. The molecule has 3 N–H and O–H groups in total. The smallest absolute Gasteiger partial charge is 0.230 e. The minimum atomic E-state index is -0.527. The monoisotopic (exact) mass is 402 g/mol. The molecule has 1 unspecified atom stereocenters. The molecular formula is C23H31ClN2O2. The number of rotatable bonds is 6. The number of nitrogens with two attached hydrogens (primary N) is 1. The Hall–Kier alpha value is -1.88. The summed E-state index contributed by atoms with van der Waals surface area (Å²) in [6, 6.07) is 18.2. The van der Waals surface area contributed by atoms with E-state index in [0.717, 1.165) is 11.1 Å². The van der Waals surface area contributed by atoms with Crippen LogP contribution in [0.1, 0.15) is 55.3 Å². The lowest BCUT2D eigenvalue weighted by atomic mass is 9.73. The van der Waals surface area contributed by atoms with Crippen molar-refractivity contribution in [1.29, 1.82) is 0 Å². The molecule has 1 aliphatic heterocycles. The van der Waals surface area contributed by atoms with Crippen LogP contribution >= 0.6 is 12.4 Å². The number of hydrogen-bond donors (Lipinski definition) is 2. The summed E-state index contributed by atoms with van der Waals surface area (Å²) in [5.41, 5.74) is 9.20. The first-order valence-corrected chi connectivity index (χ1v) is 9.80. The van der Waals surface area contributed by atoms with E-state index < -0.39 is 5.41 Å². The molecule has 0 spiro atoms. The highest BCUT2D eigenvalue weighted by Crippen LogP contribution is 2.35. The Morgan fingerprint density at radius 3 is 2.18 bits per heavy atom. The highest BCUT2D eigenvalue weighted by atomic mass is 35.5. The molecular weight excluding hydrogens is 372 g/mol. The van der Waals surface area contributed by atoms with Gasteiger partial charge < -0.3 is 15.8 Å². The summed E-state index contributed by atoms with van der Waals surface area (Å²) >= 11 is 0. The molecule has 0 aromatic heterocycles. The molecule has 152 valence electrons. The second-order valence-electron chi connectivity index (χ2n) is 7.70. The third-order valence-corrected chi connectivity index (χ3v) is 5.62. The summed E-state index contributed by atoms with van der Waals surface area (Å²) in [6.45, 7) is 5.98. The van der Waals surface area contributed by atoms with Crippen molar-refractivity contribution in [2.45, 2.75) is 44.1 Å². The van der Waals surface area contributed by atoms with Gasteiger partial charge in [-0.1, -0.05) is 68.4 Å². The molecule has 0 bridgehead atoms. The largest absolute Gasteiger partial charge is 0.381 e. The van der Waals surface area contributed by atoms with E-state index in [4.69, 9.17) is 10.5 Å². The van der Waals surface area contributed by atoms with Crippen LogP contribution in [-0.2, 0) is 14.9 Å². The molecule has 1 heterocycles. The normalized spacial score (nSPS) is 16.9. The third-order valence-electron chi connectivity index (χ3n) is 5.62. The maximum absolute atomic E-state index is 13.2. The first kappa shape index (κ1) is 22.4. The zero-order valence-corrected chi connectivity index (χ0v) is 17.5. The molecule has 5 heteroatoms. The first-order valence-electron chi connectivity index (χ1n) is 9.80. The van der Waals surface area contributed by atoms with Gasteiger partial charge in [-0.05, 0) is 35.4 Å². The van der Waals surface area contributed by atoms with Crippen molar-refractivity contribution in [3.63, 3.8) is 0 Å². The van der Waals surface area contributed by atoms with E-state index in [0.29, 0.717) is 38.5 Å². The Balaban J connectivity index is 0.00000280. The fourth-order valence-electron chi connectivity index (χ4n) is 3.74. The predicted octanol–water partition coefficient (Wildman–Crippen LogP) is 4.10. The number of amides is 1. The number of ether oxygens (including phenoxy) is 1. The summed E-state index contributed by atoms with van der Waals surface area (Å²) in [6.07, 6.45) is 1.39. The summed E-state index contributed by atoms with van der Waals surface area (Å²) in [5.74, 6) is 0.542. The topological polar surface area (TPSA) is 64.3 Å². The molecule has 0 aliphatic carbocycles. The number of nitrogens with one attached hydrogen (secondary N) is 1. The van der Waals surface area contributed by atoms with Crippen LogP contribution in [0.5, 0.6) is 0 Å². The average molecular weight is 403 g/mol. The summed E-state index contributed by atoms with van der Waals surface area (Å²) in [4.78, 5) is 13.2. The minimum Gasteiger partial charge on any atom is -0.381 e. The van der Waals surface area contributed by atoms with Crippen LogP contribution in [0.15, 0.2) is 54.6 Å². The molecule has 1 atom stereocenters. The highest BCUT2D eigenvalue weighted by Gasteiger charge is 2.41. The van der Waals surface area contributed by atoms with Crippen LogP contribution in [0, 0.1) is 0 Å². The fourth-order valence-corrected chi connectivity index (χ4v) is 3.74. The van der Waals surface area contributed by atoms with E-state index in [2.05, 4.69) is 43.4 Å². The molecule has 0 saturated carbocycles. The van der Waals surface area contributed by atoms with Gasteiger partial charge in [0, 0.05) is 25.8 Å². The van der Waals surface area contributed by atoms with Gasteiger partial charge in [0.15, 0.2) is 0 Å². The number of halogens is 1. The second kappa shape index (κ2) is 10.1. The van der Waals surface area contributed by atoms with Gasteiger partial charge in [0.05, 0.1) is 5.41 Å². The Kier molecular flexibility index (Phi) is 8.05. The van der Waals surface area contributed by atoms with Gasteiger partial charge >= 0.3 is 0 Å². The maximum Gasteiger partial charge on any atom is 0.230 e. The summed E-state index contributed by atoms with van der Waals surface area (Å²) < 4.78 is 5.52. The van der Waals surface area contributed by atoms with Crippen LogP contribution in [0.25, 0.3) is 0 Å². The summed E-state index contributed by atoms with van der Waals surface area (Å²) in [7, 11) is 0. The zero-order chi connectivity index (χ0) is 19.3. The van der Waals surface area contributed by atoms with Gasteiger partial charge in [-0.25, -0.2) is 0 Å². The Morgan fingerprint density at radius 1 is 1.04 bits per heavy atom. The highest BCUT2D eigenvalue weighted by molar-refractivity contribution is 5.88. The number of carbonyl (C=O) groups is 1. The van der Waals surface area contributed by atoms with Crippen molar-refractivity contribution in [3.8, 4) is 0 Å². The van der Waals surface area contributed by atoms with Crippen LogP contribution < -0.4 is 11.1 Å². The van der Waals surface area contributed by atoms with Gasteiger partial charge in [-0.15, -0.1) is 12.4 Å². The van der Waals surface area contributed by atoms with Crippen molar-refractivity contribution in [2.75, 3.05) is 19.8 Å². The molecule has 0 radical (unpaired) electrons. The molecule has 4 nitrogen and oxygen atoms in total. The molecule has 1 fully saturated rings. The standard InChI is InChI=1S/C23H30N2O2.ClH/c1-17(2)18-8-10-19(11-9-18)21(24)16-25-22(26)23(12-14-27-15-13-23)20-6-4-3-5-7-20;/h3-11,17,21H,12-16,24H2,1-2H3,(H,25,26);1H. The molecule has 2 aromatic carbocycles. The molecule has 2 aromatic rings. The van der Waals surface area contributed by atoms with E-state index in [9.17, 15) is 4.79 Å². The van der Waals surface area contributed by atoms with E-state index in [1.54, 1.807) is 0 Å². The van der Waals surface area contributed by atoms with Gasteiger partial charge in [0.25, 0.3) is 0 Å². The van der Waals surface area contributed by atoms with E-state index in [-0.39, 0.29) is 24.4 Å². The van der Waals surface area contributed by atoms with Crippen molar-refractivity contribution in [3.05, 3.63) is 71.3 Å². The van der Waals surface area contributed by atoms with Crippen molar-refractivity contribution < 1.29 is 9.53 Å². The van der Waals surface area contributed by atoms with Crippen molar-refractivity contribution >= 4 is 18.3 Å². The molecule has 1 aliphatic rings. The second-order valence-corrected chi connectivity index (χ2v) is 7.70. The average Bonchev–Trinajstić information content (AvgIpc) is 2.73. The van der Waals surface area contributed by atoms with Gasteiger partial charge in [-0.2, -0.15) is 0 Å². The molecule has 1 amide bonds. The van der Waals surface area contributed by atoms with E-state index >= 15 is 0 Å². The third kappa shape index (κ3) is 4.93.